The molecule has 0 saturated carbocycles. The quantitative estimate of drug-likeness (QED) is 0.188. The molecule has 0 aliphatic carbocycles. The van der Waals surface area contributed by atoms with Gasteiger partial charge in [0, 0.05) is 12.1 Å². The minimum absolute atomic E-state index is 0.142. The van der Waals surface area contributed by atoms with Crippen molar-refractivity contribution in [2.75, 3.05) is 0 Å². The second-order valence-electron chi connectivity index (χ2n) is 10.0. The molecule has 1 aliphatic heterocycles. The standard InChI is InChI=1S/C25H15BF15N/c1-6-4-3-5-7(2)42(6)26(8-11(27)17(33)23(39)18(34)12(8)28,9-13(29)19(35)24(40)20(36)14(9)30)10-15(31)21(37)25(41)22(38)16(10)32/h6-7,42H,3-5H2,1-2H3/t6-,7+. The Morgan fingerprint density at radius 1 is 0.381 bits per heavy atom. The Morgan fingerprint density at radius 2 is 0.571 bits per heavy atom. The summed E-state index contributed by atoms with van der Waals surface area (Å²) < 4.78 is 224. The Hall–Kier alpha value is -3.37. The van der Waals surface area contributed by atoms with Gasteiger partial charge in [0.05, 0.1) is 0 Å². The zero-order chi connectivity index (χ0) is 31.7. The number of quaternary nitrogens is 1. The molecule has 3 aromatic carbocycles. The number of halogens is 15. The van der Waals surface area contributed by atoms with Gasteiger partial charge in [0.1, 0.15) is 34.9 Å². The van der Waals surface area contributed by atoms with Crippen LogP contribution in [0, 0.1) is 87.3 Å². The number of benzene rings is 3. The van der Waals surface area contributed by atoms with E-state index in [4.69, 9.17) is 0 Å². The molecule has 4 rings (SSSR count). The molecular weight excluding hydrogens is 610 g/mol. The van der Waals surface area contributed by atoms with Crippen molar-refractivity contribution in [2.24, 2.45) is 0 Å². The van der Waals surface area contributed by atoms with E-state index >= 15 is 26.3 Å². The molecule has 0 spiro atoms. The van der Waals surface area contributed by atoms with E-state index in [1.165, 1.54) is 0 Å². The molecule has 1 fully saturated rings. The summed E-state index contributed by atoms with van der Waals surface area (Å²) in [4.78, 5) is -0.990. The predicted octanol–water partition coefficient (Wildman–Crippen LogP) is 4.59. The van der Waals surface area contributed by atoms with Crippen LogP contribution in [0.15, 0.2) is 0 Å². The normalized spacial score (nSPS) is 19.5. The van der Waals surface area contributed by atoms with Crippen LogP contribution in [0.25, 0.3) is 0 Å². The van der Waals surface area contributed by atoms with E-state index < -0.39 is 127 Å². The fourth-order valence-corrected chi connectivity index (χ4v) is 6.34. The first-order chi connectivity index (χ1) is 19.5. The van der Waals surface area contributed by atoms with Crippen molar-refractivity contribution in [3.8, 4) is 0 Å². The van der Waals surface area contributed by atoms with E-state index in [-0.39, 0.29) is 19.3 Å². The summed E-state index contributed by atoms with van der Waals surface area (Å²) in [6.07, 6.45) is -5.93. The third kappa shape index (κ3) is 4.09. The van der Waals surface area contributed by atoms with Crippen LogP contribution in [0.5, 0.6) is 0 Å². The van der Waals surface area contributed by atoms with Crippen molar-refractivity contribution in [1.29, 1.82) is 0 Å². The van der Waals surface area contributed by atoms with E-state index in [0.29, 0.717) is 0 Å². The van der Waals surface area contributed by atoms with Gasteiger partial charge < -0.3 is 4.81 Å². The van der Waals surface area contributed by atoms with Crippen molar-refractivity contribution in [3.05, 3.63) is 87.3 Å². The van der Waals surface area contributed by atoms with Gasteiger partial charge in [-0.3, -0.25) is 0 Å². The molecule has 1 saturated heterocycles. The molecule has 0 bridgehead atoms. The lowest BCUT2D eigenvalue weighted by atomic mass is 9.21. The zero-order valence-electron chi connectivity index (χ0n) is 21.0. The van der Waals surface area contributed by atoms with E-state index in [0.717, 1.165) is 13.8 Å². The number of hydrogen-bond acceptors (Lipinski definition) is 0. The molecule has 3 aromatic rings. The summed E-state index contributed by atoms with van der Waals surface area (Å²) in [5.74, 6) is -44.6. The van der Waals surface area contributed by atoms with Crippen LogP contribution in [0.2, 0.25) is 0 Å². The molecule has 1 heterocycles. The first-order valence-electron chi connectivity index (χ1n) is 12.0. The number of piperidine rings is 1. The van der Waals surface area contributed by atoms with Gasteiger partial charge >= 0.3 is 6.28 Å². The van der Waals surface area contributed by atoms with Crippen LogP contribution < -0.4 is 21.2 Å². The molecule has 1 nitrogen and oxygen atoms in total. The van der Waals surface area contributed by atoms with Crippen molar-refractivity contribution in [1.82, 2.24) is 0 Å². The van der Waals surface area contributed by atoms with Crippen molar-refractivity contribution in [3.63, 3.8) is 0 Å². The monoisotopic (exact) mass is 625 g/mol. The lowest BCUT2D eigenvalue weighted by molar-refractivity contribution is -0.852. The van der Waals surface area contributed by atoms with Gasteiger partial charge in [-0.2, -0.15) is 0 Å². The van der Waals surface area contributed by atoms with Crippen molar-refractivity contribution >= 4 is 22.7 Å². The SMILES string of the molecule is C[C@@H]1CCC[C@H](C)[NH+]1[B-](c1c(F)c(F)c(F)c(F)c1F)(c1c(F)c(F)c(F)c(F)c1F)c1c(F)c(F)c(F)c(F)c1F. The first-order valence-corrected chi connectivity index (χ1v) is 12.0. The Balaban J connectivity index is 2.53. The highest BCUT2D eigenvalue weighted by Gasteiger charge is 2.58. The lowest BCUT2D eigenvalue weighted by Crippen LogP contribution is -3.34. The number of hydrogen-bond donors (Lipinski definition) is 1. The predicted molar refractivity (Wildman–Crippen MR) is 117 cm³/mol. The average Bonchev–Trinajstić information content (AvgIpc) is 2.94. The van der Waals surface area contributed by atoms with Gasteiger partial charge in [-0.05, 0) is 33.1 Å². The highest BCUT2D eigenvalue weighted by atomic mass is 19.2. The van der Waals surface area contributed by atoms with Crippen LogP contribution in [0.3, 0.4) is 0 Å². The summed E-state index contributed by atoms with van der Waals surface area (Å²) in [6, 6.07) is -2.90. The number of rotatable bonds is 4. The first kappa shape index (κ1) is 31.6. The van der Waals surface area contributed by atoms with Crippen LogP contribution in [-0.4, -0.2) is 18.4 Å². The topological polar surface area (TPSA) is 4.44 Å². The van der Waals surface area contributed by atoms with Crippen LogP contribution in [0.4, 0.5) is 65.9 Å². The summed E-state index contributed by atoms with van der Waals surface area (Å²) in [5, 5.41) is 0. The fraction of sp³-hybridized carbons (Fsp3) is 0.280. The Bertz CT molecular complexity index is 1360. The lowest BCUT2D eigenvalue weighted by Gasteiger charge is -2.56. The van der Waals surface area contributed by atoms with Gasteiger partial charge in [-0.25, -0.2) is 65.9 Å². The van der Waals surface area contributed by atoms with E-state index in [2.05, 4.69) is 0 Å². The maximum Gasteiger partial charge on any atom is 0.307 e. The minimum Gasteiger partial charge on any atom is -0.510 e. The summed E-state index contributed by atoms with van der Waals surface area (Å²) in [6.45, 7) is 2.09. The van der Waals surface area contributed by atoms with E-state index in [9.17, 15) is 39.5 Å². The molecule has 0 aromatic heterocycles. The Labute approximate surface area is 226 Å². The second-order valence-corrected chi connectivity index (χ2v) is 10.0. The highest BCUT2D eigenvalue weighted by molar-refractivity contribution is 7.06. The van der Waals surface area contributed by atoms with Gasteiger partial charge in [0.15, 0.2) is 52.4 Å². The molecule has 228 valence electrons. The number of nitrogens with one attached hydrogen (secondary N) is 1. The van der Waals surface area contributed by atoms with E-state index in [1.54, 1.807) is 0 Å². The summed E-state index contributed by atoms with van der Waals surface area (Å²) >= 11 is 0. The molecule has 42 heavy (non-hydrogen) atoms. The third-order valence-electron chi connectivity index (χ3n) is 7.94. The maximum absolute atomic E-state index is 15.6. The molecule has 0 radical (unpaired) electrons. The van der Waals surface area contributed by atoms with E-state index in [1.807, 2.05) is 0 Å². The maximum atomic E-state index is 15.6. The second kappa shape index (κ2) is 10.7. The smallest absolute Gasteiger partial charge is 0.307 e. The zero-order valence-corrected chi connectivity index (χ0v) is 21.0. The van der Waals surface area contributed by atoms with Crippen LogP contribution >= 0.6 is 0 Å². The highest BCUT2D eigenvalue weighted by Crippen LogP contribution is 2.27. The van der Waals surface area contributed by atoms with Crippen LogP contribution in [-0.2, 0) is 0 Å². The molecule has 3 atom stereocenters. The third-order valence-corrected chi connectivity index (χ3v) is 7.94. The Morgan fingerprint density at radius 3 is 0.786 bits per heavy atom. The molecule has 1 aliphatic rings. The fourth-order valence-electron chi connectivity index (χ4n) is 6.34. The van der Waals surface area contributed by atoms with Gasteiger partial charge in [-0.1, -0.05) is 16.4 Å². The van der Waals surface area contributed by atoms with Gasteiger partial charge in [-0.15, -0.1) is 0 Å². The van der Waals surface area contributed by atoms with Crippen molar-refractivity contribution in [2.45, 2.75) is 45.2 Å². The molecule has 1 unspecified atom stereocenters. The van der Waals surface area contributed by atoms with Gasteiger partial charge in [0.2, 0.25) is 0 Å². The Kier molecular flexibility index (Phi) is 8.06. The van der Waals surface area contributed by atoms with Crippen LogP contribution in [0.1, 0.15) is 33.1 Å². The van der Waals surface area contributed by atoms with Gasteiger partial charge in [0.25, 0.3) is 0 Å². The average molecular weight is 625 g/mol. The molecule has 1 N–H and O–H groups in total. The largest absolute Gasteiger partial charge is 0.510 e. The molecule has 0 amide bonds. The van der Waals surface area contributed by atoms with Crippen molar-refractivity contribution < 1.29 is 70.7 Å². The summed E-state index contributed by atoms with van der Waals surface area (Å²) in [7, 11) is 0. The summed E-state index contributed by atoms with van der Waals surface area (Å²) in [5.41, 5.74) is -7.68. The molecule has 17 heteroatoms. The molecular formula is C25H15BF15N. The minimum atomic E-state index is -5.61.